The molecule has 0 aliphatic rings. The van der Waals surface area contributed by atoms with Gasteiger partial charge in [0.1, 0.15) is 5.82 Å². The summed E-state index contributed by atoms with van der Waals surface area (Å²) in [5, 5.41) is 12.7. The fourth-order valence-corrected chi connectivity index (χ4v) is 2.93. The van der Waals surface area contributed by atoms with Gasteiger partial charge in [0.15, 0.2) is 5.82 Å². The first-order valence-electron chi connectivity index (χ1n) is 7.63. The molecule has 1 aromatic carbocycles. The van der Waals surface area contributed by atoms with Crippen LogP contribution in [-0.2, 0) is 24.2 Å². The highest BCUT2D eigenvalue weighted by molar-refractivity contribution is 7.09. The number of aryl methyl sites for hydroxylation is 1. The van der Waals surface area contributed by atoms with E-state index in [0.717, 1.165) is 28.4 Å². The van der Waals surface area contributed by atoms with Gasteiger partial charge in [-0.05, 0) is 30.7 Å². The van der Waals surface area contributed by atoms with Crippen LogP contribution in [0.3, 0.4) is 0 Å². The zero-order valence-corrected chi connectivity index (χ0v) is 14.1. The number of rotatable bonds is 6. The van der Waals surface area contributed by atoms with Crippen LogP contribution in [0.2, 0.25) is 0 Å². The van der Waals surface area contributed by atoms with Gasteiger partial charge < -0.3 is 11.1 Å². The zero-order valence-electron chi connectivity index (χ0n) is 13.2. The monoisotopic (exact) mass is 342 g/mol. The summed E-state index contributed by atoms with van der Waals surface area (Å²) in [4.78, 5) is 20.8. The van der Waals surface area contributed by atoms with E-state index in [1.807, 2.05) is 29.6 Å². The van der Waals surface area contributed by atoms with Crippen molar-refractivity contribution >= 4 is 22.9 Å². The number of amides is 1. The number of nitrogens with one attached hydrogen (secondary N) is 2. The first kappa shape index (κ1) is 16.3. The molecule has 3 rings (SSSR count). The van der Waals surface area contributed by atoms with Crippen LogP contribution in [0.15, 0.2) is 29.6 Å². The SMILES string of the molecule is CCc1nc(CC(=O)Nc2ccc(-c3n[nH]c(CN)n3)cc2)cs1. The minimum Gasteiger partial charge on any atom is -0.326 e. The number of nitrogens with zero attached hydrogens (tertiary/aromatic N) is 3. The highest BCUT2D eigenvalue weighted by Crippen LogP contribution is 2.18. The largest absolute Gasteiger partial charge is 0.326 e. The topological polar surface area (TPSA) is 110 Å². The molecule has 0 atom stereocenters. The minimum atomic E-state index is -0.0842. The van der Waals surface area contributed by atoms with E-state index in [4.69, 9.17) is 5.73 Å². The Bertz CT molecular complexity index is 823. The van der Waals surface area contributed by atoms with Crippen molar-refractivity contribution in [1.29, 1.82) is 0 Å². The summed E-state index contributed by atoms with van der Waals surface area (Å²) in [5.74, 6) is 1.14. The van der Waals surface area contributed by atoms with Crippen LogP contribution in [0.4, 0.5) is 5.69 Å². The summed E-state index contributed by atoms with van der Waals surface area (Å²) in [7, 11) is 0. The fourth-order valence-electron chi connectivity index (χ4n) is 2.18. The number of thiazole rings is 1. The molecule has 0 aliphatic carbocycles. The van der Waals surface area contributed by atoms with E-state index in [1.165, 1.54) is 0 Å². The average molecular weight is 342 g/mol. The number of benzene rings is 1. The predicted octanol–water partition coefficient (Wildman–Crippen LogP) is 2.13. The molecule has 1 amide bonds. The van der Waals surface area contributed by atoms with Crippen molar-refractivity contribution in [2.75, 3.05) is 5.32 Å². The second kappa shape index (κ2) is 7.33. The molecule has 0 saturated carbocycles. The quantitative estimate of drug-likeness (QED) is 0.636. The van der Waals surface area contributed by atoms with Gasteiger partial charge in [-0.1, -0.05) is 6.92 Å². The Morgan fingerprint density at radius 1 is 1.29 bits per heavy atom. The molecule has 4 N–H and O–H groups in total. The van der Waals surface area contributed by atoms with Crippen LogP contribution in [0.1, 0.15) is 23.4 Å². The maximum Gasteiger partial charge on any atom is 0.230 e. The molecule has 0 radical (unpaired) electrons. The summed E-state index contributed by atoms with van der Waals surface area (Å²) in [6, 6.07) is 7.36. The lowest BCUT2D eigenvalue weighted by molar-refractivity contribution is -0.115. The number of hydrogen-bond donors (Lipinski definition) is 3. The highest BCUT2D eigenvalue weighted by Gasteiger charge is 2.09. The molecule has 2 aromatic heterocycles. The van der Waals surface area contributed by atoms with Crippen molar-refractivity contribution < 1.29 is 4.79 Å². The Morgan fingerprint density at radius 2 is 2.08 bits per heavy atom. The van der Waals surface area contributed by atoms with Gasteiger partial charge in [-0.2, -0.15) is 5.10 Å². The first-order chi connectivity index (χ1) is 11.7. The van der Waals surface area contributed by atoms with Crippen molar-refractivity contribution in [3.05, 3.63) is 46.2 Å². The third-order valence-corrected chi connectivity index (χ3v) is 4.44. The molecule has 2 heterocycles. The zero-order chi connectivity index (χ0) is 16.9. The van der Waals surface area contributed by atoms with Crippen molar-refractivity contribution in [3.63, 3.8) is 0 Å². The normalized spacial score (nSPS) is 10.8. The molecule has 0 fully saturated rings. The molecule has 0 saturated heterocycles. The molecule has 7 nitrogen and oxygen atoms in total. The lowest BCUT2D eigenvalue weighted by Crippen LogP contribution is -2.14. The van der Waals surface area contributed by atoms with Gasteiger partial charge in [0.05, 0.1) is 23.7 Å². The Labute approximate surface area is 143 Å². The number of hydrogen-bond acceptors (Lipinski definition) is 6. The molecule has 0 bridgehead atoms. The Morgan fingerprint density at radius 3 is 2.71 bits per heavy atom. The van der Waals surface area contributed by atoms with Gasteiger partial charge in [0, 0.05) is 16.6 Å². The van der Waals surface area contributed by atoms with Gasteiger partial charge >= 0.3 is 0 Å². The maximum atomic E-state index is 12.1. The fraction of sp³-hybridized carbons (Fsp3) is 0.250. The van der Waals surface area contributed by atoms with Crippen molar-refractivity contribution in [3.8, 4) is 11.4 Å². The lowest BCUT2D eigenvalue weighted by Gasteiger charge is -2.04. The number of carbonyl (C=O) groups excluding carboxylic acids is 1. The van der Waals surface area contributed by atoms with E-state index < -0.39 is 0 Å². The summed E-state index contributed by atoms with van der Waals surface area (Å²) >= 11 is 1.58. The molecule has 8 heteroatoms. The number of carbonyl (C=O) groups is 1. The van der Waals surface area contributed by atoms with Gasteiger partial charge in [-0.3, -0.25) is 9.89 Å². The van der Waals surface area contributed by atoms with Crippen LogP contribution in [-0.4, -0.2) is 26.1 Å². The van der Waals surface area contributed by atoms with Crippen LogP contribution in [0.5, 0.6) is 0 Å². The van der Waals surface area contributed by atoms with Crippen molar-refractivity contribution in [1.82, 2.24) is 20.2 Å². The first-order valence-corrected chi connectivity index (χ1v) is 8.50. The van der Waals surface area contributed by atoms with Gasteiger partial charge in [-0.15, -0.1) is 11.3 Å². The summed E-state index contributed by atoms with van der Waals surface area (Å²) in [6.45, 7) is 2.37. The molecule has 0 unspecified atom stereocenters. The molecule has 24 heavy (non-hydrogen) atoms. The molecule has 0 spiro atoms. The molecule has 0 aliphatic heterocycles. The average Bonchev–Trinajstić information content (AvgIpc) is 3.24. The highest BCUT2D eigenvalue weighted by atomic mass is 32.1. The Kier molecular flexibility index (Phi) is 4.97. The van der Waals surface area contributed by atoms with Crippen LogP contribution < -0.4 is 11.1 Å². The van der Waals surface area contributed by atoms with Crippen LogP contribution >= 0.6 is 11.3 Å². The van der Waals surface area contributed by atoms with Gasteiger partial charge in [0.2, 0.25) is 5.91 Å². The number of aromatic nitrogens is 4. The number of nitrogens with two attached hydrogens (primary N) is 1. The third kappa shape index (κ3) is 3.84. The summed E-state index contributed by atoms with van der Waals surface area (Å²) < 4.78 is 0. The number of anilines is 1. The van der Waals surface area contributed by atoms with E-state index in [1.54, 1.807) is 11.3 Å². The van der Waals surface area contributed by atoms with Crippen molar-refractivity contribution in [2.45, 2.75) is 26.3 Å². The summed E-state index contributed by atoms with van der Waals surface area (Å²) in [6.07, 6.45) is 1.17. The molecular formula is C16H18N6OS. The Hall–Kier alpha value is -2.58. The van der Waals surface area contributed by atoms with Gasteiger partial charge in [0.25, 0.3) is 0 Å². The predicted molar refractivity (Wildman–Crippen MR) is 93.5 cm³/mol. The Balaban J connectivity index is 1.62. The van der Waals surface area contributed by atoms with Gasteiger partial charge in [-0.25, -0.2) is 9.97 Å². The molecular weight excluding hydrogens is 324 g/mol. The van der Waals surface area contributed by atoms with Crippen LogP contribution in [0.25, 0.3) is 11.4 Å². The standard InChI is InChI=1S/C16H18N6OS/c1-2-15-19-12(9-24-15)7-14(23)18-11-5-3-10(4-6-11)16-20-13(8-17)21-22-16/h3-6,9H,2,7-8,17H2,1H3,(H,18,23)(H,20,21,22). The van der Waals surface area contributed by atoms with Crippen LogP contribution in [0, 0.1) is 0 Å². The van der Waals surface area contributed by atoms with E-state index in [2.05, 4.69) is 32.4 Å². The smallest absolute Gasteiger partial charge is 0.230 e. The molecule has 3 aromatic rings. The minimum absolute atomic E-state index is 0.0842. The van der Waals surface area contributed by atoms with E-state index in [9.17, 15) is 4.79 Å². The lowest BCUT2D eigenvalue weighted by atomic mass is 10.2. The van der Waals surface area contributed by atoms with E-state index in [0.29, 0.717) is 18.2 Å². The summed E-state index contributed by atoms with van der Waals surface area (Å²) in [5.41, 5.74) is 7.90. The second-order valence-electron chi connectivity index (χ2n) is 5.20. The maximum absolute atomic E-state index is 12.1. The molecule has 124 valence electrons. The van der Waals surface area contributed by atoms with Crippen molar-refractivity contribution in [2.24, 2.45) is 5.73 Å². The second-order valence-corrected chi connectivity index (χ2v) is 6.14. The third-order valence-electron chi connectivity index (χ3n) is 3.40. The number of aromatic amines is 1. The van der Waals surface area contributed by atoms with E-state index in [-0.39, 0.29) is 12.3 Å². The number of H-pyrrole nitrogens is 1. The van der Waals surface area contributed by atoms with E-state index >= 15 is 0 Å².